The zero-order chi connectivity index (χ0) is 19.2. The predicted octanol–water partition coefficient (Wildman–Crippen LogP) is 1.84. The van der Waals surface area contributed by atoms with Gasteiger partial charge in [0, 0.05) is 52.1 Å². The summed E-state index contributed by atoms with van der Waals surface area (Å²) in [7, 11) is 1.79. The van der Waals surface area contributed by atoms with Crippen LogP contribution in [0.3, 0.4) is 0 Å². The molecule has 0 unspecified atom stereocenters. The van der Waals surface area contributed by atoms with Gasteiger partial charge < -0.3 is 24.7 Å². The summed E-state index contributed by atoms with van der Waals surface area (Å²) in [4.78, 5) is 13.2. The van der Waals surface area contributed by atoms with Gasteiger partial charge in [-0.3, -0.25) is 4.99 Å². The van der Waals surface area contributed by atoms with Gasteiger partial charge in [-0.05, 0) is 12.1 Å². The summed E-state index contributed by atoms with van der Waals surface area (Å²) in [6, 6.07) is 7.47. The van der Waals surface area contributed by atoms with Crippen LogP contribution in [0.2, 0.25) is 0 Å². The molecule has 1 aromatic carbocycles. The minimum absolute atomic E-state index is 0.267. The van der Waals surface area contributed by atoms with Crippen LogP contribution >= 0.6 is 0 Å². The second-order valence-corrected chi connectivity index (χ2v) is 6.89. The molecule has 0 aliphatic carbocycles. The predicted molar refractivity (Wildman–Crippen MR) is 105 cm³/mol. The average Bonchev–Trinajstić information content (AvgIpc) is 3.15. The fraction of sp³-hybridized carbons (Fsp3) is 0.526. The van der Waals surface area contributed by atoms with E-state index in [2.05, 4.69) is 30.2 Å². The minimum Gasteiger partial charge on any atom is -0.506 e. The van der Waals surface area contributed by atoms with Gasteiger partial charge in [0.25, 0.3) is 0 Å². The molecule has 1 aliphatic heterocycles. The van der Waals surface area contributed by atoms with Crippen molar-refractivity contribution in [3.8, 4) is 5.75 Å². The van der Waals surface area contributed by atoms with Crippen LogP contribution in [0.1, 0.15) is 31.5 Å². The quantitative estimate of drug-likeness (QED) is 0.611. The molecule has 1 aromatic heterocycles. The summed E-state index contributed by atoms with van der Waals surface area (Å²) in [5, 5.41) is 17.4. The standard InChI is InChI=1S/C19H28N6O2/c1-14(2)18-22-17(27-23-18)8-9-21-19(20-3)25-12-10-24(11-13-25)15-6-4-5-7-16(15)26/h4-7,14,26H,8-13H2,1-3H3,(H,20,21). The Morgan fingerprint density at radius 1 is 1.26 bits per heavy atom. The number of para-hydroxylation sites is 2. The van der Waals surface area contributed by atoms with Crippen LogP contribution in [0.25, 0.3) is 0 Å². The first-order valence-electron chi connectivity index (χ1n) is 9.39. The van der Waals surface area contributed by atoms with E-state index in [1.165, 1.54) is 0 Å². The number of nitrogens with one attached hydrogen (secondary N) is 1. The summed E-state index contributed by atoms with van der Waals surface area (Å²) in [6.07, 6.45) is 0.663. The van der Waals surface area contributed by atoms with E-state index in [0.29, 0.717) is 24.6 Å². The molecule has 1 aliphatic rings. The number of guanidine groups is 1. The lowest BCUT2D eigenvalue weighted by atomic mass is 10.2. The third-order valence-corrected chi connectivity index (χ3v) is 4.64. The molecule has 146 valence electrons. The molecule has 8 heteroatoms. The lowest BCUT2D eigenvalue weighted by molar-refractivity contribution is 0.361. The van der Waals surface area contributed by atoms with Gasteiger partial charge in [-0.2, -0.15) is 4.98 Å². The molecular weight excluding hydrogens is 344 g/mol. The first kappa shape index (κ1) is 19.0. The Bertz CT molecular complexity index is 765. The largest absolute Gasteiger partial charge is 0.506 e. The Morgan fingerprint density at radius 2 is 2.00 bits per heavy atom. The average molecular weight is 372 g/mol. The third-order valence-electron chi connectivity index (χ3n) is 4.64. The summed E-state index contributed by atoms with van der Waals surface area (Å²) in [6.45, 7) is 8.12. The summed E-state index contributed by atoms with van der Waals surface area (Å²) >= 11 is 0. The molecule has 0 atom stereocenters. The van der Waals surface area contributed by atoms with Crippen LogP contribution < -0.4 is 10.2 Å². The zero-order valence-electron chi connectivity index (χ0n) is 16.2. The molecule has 2 aromatic rings. The summed E-state index contributed by atoms with van der Waals surface area (Å²) < 4.78 is 5.28. The maximum Gasteiger partial charge on any atom is 0.228 e. The topological polar surface area (TPSA) is 90.0 Å². The van der Waals surface area contributed by atoms with E-state index >= 15 is 0 Å². The van der Waals surface area contributed by atoms with Gasteiger partial charge in [-0.15, -0.1) is 0 Å². The molecule has 0 radical (unpaired) electrons. The number of aromatic nitrogens is 2. The SMILES string of the molecule is CN=C(NCCc1nc(C(C)C)no1)N1CCN(c2ccccc2O)CC1. The van der Waals surface area contributed by atoms with Crippen molar-refractivity contribution < 1.29 is 9.63 Å². The molecule has 27 heavy (non-hydrogen) atoms. The van der Waals surface area contributed by atoms with Crippen LogP contribution in [0.4, 0.5) is 5.69 Å². The second kappa shape index (κ2) is 8.75. The fourth-order valence-electron chi connectivity index (χ4n) is 3.11. The van der Waals surface area contributed by atoms with Crippen molar-refractivity contribution in [2.75, 3.05) is 44.7 Å². The van der Waals surface area contributed by atoms with Gasteiger partial charge in [-0.1, -0.05) is 31.1 Å². The number of nitrogens with zero attached hydrogens (tertiary/aromatic N) is 5. The van der Waals surface area contributed by atoms with Crippen molar-refractivity contribution in [3.05, 3.63) is 36.0 Å². The number of anilines is 1. The number of piperazine rings is 1. The molecular formula is C19H28N6O2. The van der Waals surface area contributed by atoms with Gasteiger partial charge in [0.05, 0.1) is 5.69 Å². The molecule has 8 nitrogen and oxygen atoms in total. The molecule has 0 spiro atoms. The number of aliphatic imine (C=N–C) groups is 1. The van der Waals surface area contributed by atoms with E-state index in [0.717, 1.165) is 43.7 Å². The highest BCUT2D eigenvalue weighted by molar-refractivity contribution is 5.80. The lowest BCUT2D eigenvalue weighted by Crippen LogP contribution is -2.52. The van der Waals surface area contributed by atoms with E-state index in [1.54, 1.807) is 13.1 Å². The van der Waals surface area contributed by atoms with Crippen LogP contribution in [0.15, 0.2) is 33.8 Å². The van der Waals surface area contributed by atoms with Crippen LogP contribution in [0, 0.1) is 0 Å². The third kappa shape index (κ3) is 4.69. The fourth-order valence-corrected chi connectivity index (χ4v) is 3.11. The Kier molecular flexibility index (Phi) is 6.16. The Balaban J connectivity index is 1.48. The molecule has 1 saturated heterocycles. The number of phenols is 1. The van der Waals surface area contributed by atoms with E-state index < -0.39 is 0 Å². The highest BCUT2D eigenvalue weighted by Crippen LogP contribution is 2.27. The Labute approximate surface area is 159 Å². The van der Waals surface area contributed by atoms with Crippen molar-refractivity contribution in [2.45, 2.75) is 26.2 Å². The van der Waals surface area contributed by atoms with E-state index in [1.807, 2.05) is 32.0 Å². The smallest absolute Gasteiger partial charge is 0.228 e. The number of rotatable bonds is 5. The lowest BCUT2D eigenvalue weighted by Gasteiger charge is -2.37. The monoisotopic (exact) mass is 372 g/mol. The van der Waals surface area contributed by atoms with Gasteiger partial charge in [0.15, 0.2) is 11.8 Å². The van der Waals surface area contributed by atoms with Gasteiger partial charge >= 0.3 is 0 Å². The molecule has 2 N–H and O–H groups in total. The number of hydrogen-bond donors (Lipinski definition) is 2. The Morgan fingerprint density at radius 3 is 2.63 bits per heavy atom. The molecule has 1 fully saturated rings. The second-order valence-electron chi connectivity index (χ2n) is 6.89. The van der Waals surface area contributed by atoms with Gasteiger partial charge in [0.2, 0.25) is 5.89 Å². The number of phenolic OH excluding ortho intramolecular Hbond substituents is 1. The van der Waals surface area contributed by atoms with Crippen LogP contribution in [-0.2, 0) is 6.42 Å². The first-order chi connectivity index (χ1) is 13.1. The van der Waals surface area contributed by atoms with E-state index in [4.69, 9.17) is 4.52 Å². The van der Waals surface area contributed by atoms with Crippen LogP contribution in [0.5, 0.6) is 5.75 Å². The van der Waals surface area contributed by atoms with Crippen molar-refractivity contribution >= 4 is 11.6 Å². The number of hydrogen-bond acceptors (Lipinski definition) is 6. The molecule has 2 heterocycles. The first-order valence-corrected chi connectivity index (χ1v) is 9.39. The van der Waals surface area contributed by atoms with E-state index in [9.17, 15) is 5.11 Å². The van der Waals surface area contributed by atoms with E-state index in [-0.39, 0.29) is 5.92 Å². The maximum atomic E-state index is 10.0. The summed E-state index contributed by atoms with van der Waals surface area (Å²) in [5.41, 5.74) is 0.887. The van der Waals surface area contributed by atoms with Crippen LogP contribution in [-0.4, -0.2) is 65.9 Å². The van der Waals surface area contributed by atoms with Gasteiger partial charge in [-0.25, -0.2) is 0 Å². The van der Waals surface area contributed by atoms with Crippen molar-refractivity contribution in [1.82, 2.24) is 20.4 Å². The molecule has 0 amide bonds. The maximum absolute atomic E-state index is 10.0. The minimum atomic E-state index is 0.267. The van der Waals surface area contributed by atoms with Crippen molar-refractivity contribution in [3.63, 3.8) is 0 Å². The number of aromatic hydroxyl groups is 1. The molecule has 3 rings (SSSR count). The highest BCUT2D eigenvalue weighted by Gasteiger charge is 2.21. The molecule has 0 bridgehead atoms. The van der Waals surface area contributed by atoms with Gasteiger partial charge in [0.1, 0.15) is 5.75 Å². The number of benzene rings is 1. The van der Waals surface area contributed by atoms with Crippen molar-refractivity contribution in [2.24, 2.45) is 4.99 Å². The van der Waals surface area contributed by atoms with Crippen molar-refractivity contribution in [1.29, 1.82) is 0 Å². The highest BCUT2D eigenvalue weighted by atomic mass is 16.5. The Hall–Kier alpha value is -2.77. The normalized spacial score (nSPS) is 15.5. The zero-order valence-corrected chi connectivity index (χ0v) is 16.2. The molecule has 0 saturated carbocycles. The summed E-state index contributed by atoms with van der Waals surface area (Å²) in [5.74, 6) is 2.86.